The van der Waals surface area contributed by atoms with Crippen molar-refractivity contribution < 1.29 is 13.2 Å². The van der Waals surface area contributed by atoms with Crippen molar-refractivity contribution in [3.63, 3.8) is 0 Å². The van der Waals surface area contributed by atoms with E-state index >= 15 is 0 Å². The molecule has 5 heteroatoms. The van der Waals surface area contributed by atoms with Gasteiger partial charge in [0.15, 0.2) is 0 Å². The van der Waals surface area contributed by atoms with Gasteiger partial charge in [0, 0.05) is 17.0 Å². The molecule has 0 fully saturated rings. The predicted octanol–water partition coefficient (Wildman–Crippen LogP) is 5.78. The van der Waals surface area contributed by atoms with Gasteiger partial charge in [-0.2, -0.15) is 13.2 Å². The topological polar surface area (TPSA) is 32.9 Å². The molecule has 25 heavy (non-hydrogen) atoms. The number of H-pyrrole nitrogens is 1. The Balaban J connectivity index is 2.21. The number of allylic oxidation sites excluding steroid dienone is 2. The first-order valence-corrected chi connectivity index (χ1v) is 8.33. The lowest BCUT2D eigenvalue weighted by Crippen LogP contribution is -2.26. The number of halogens is 3. The molecule has 0 saturated heterocycles. The molecular weight excluding hydrogens is 327 g/mol. The van der Waals surface area contributed by atoms with Gasteiger partial charge in [0.25, 0.3) is 0 Å². The number of aromatic amines is 1. The minimum absolute atomic E-state index is 0.0100. The summed E-state index contributed by atoms with van der Waals surface area (Å²) in [6.45, 7) is 8.66. The van der Waals surface area contributed by atoms with E-state index in [4.69, 9.17) is 0 Å². The molecule has 0 saturated carbocycles. The Morgan fingerprint density at radius 3 is 2.36 bits per heavy atom. The number of pyridine rings is 1. The highest BCUT2D eigenvalue weighted by Gasteiger charge is 2.35. The van der Waals surface area contributed by atoms with Gasteiger partial charge in [0.2, 0.25) is 5.56 Å². The molecule has 0 unspecified atom stereocenters. The van der Waals surface area contributed by atoms with E-state index in [0.717, 1.165) is 24.0 Å². The van der Waals surface area contributed by atoms with Crippen LogP contribution in [-0.2, 0) is 6.18 Å². The van der Waals surface area contributed by atoms with E-state index in [1.165, 1.54) is 0 Å². The number of nitrogens with one attached hydrogen (secondary N) is 1. The molecule has 1 aliphatic rings. The van der Waals surface area contributed by atoms with E-state index in [-0.39, 0.29) is 21.7 Å². The van der Waals surface area contributed by atoms with E-state index in [0.29, 0.717) is 6.07 Å². The minimum atomic E-state index is -4.56. The molecule has 0 atom stereocenters. The standard InChI is InChI=1S/C20H22F3NO/c1-18(2)9-13(10-19(3,4)11-18)12-5-6-16-14(7-12)15(20(21,22)23)8-17(25)24-16/h5-9H,10-11H2,1-4H3,(H,24,25). The first-order valence-electron chi connectivity index (χ1n) is 8.33. The second-order valence-corrected chi connectivity index (χ2v) is 8.48. The fourth-order valence-electron chi connectivity index (χ4n) is 4.26. The Labute approximate surface area is 144 Å². The Hall–Kier alpha value is -2.04. The maximum atomic E-state index is 13.4. The summed E-state index contributed by atoms with van der Waals surface area (Å²) < 4.78 is 40.1. The average Bonchev–Trinajstić information content (AvgIpc) is 2.41. The lowest BCUT2D eigenvalue weighted by atomic mass is 9.66. The second-order valence-electron chi connectivity index (χ2n) is 8.48. The monoisotopic (exact) mass is 349 g/mol. The van der Waals surface area contributed by atoms with Crippen LogP contribution < -0.4 is 5.56 Å². The zero-order chi connectivity index (χ0) is 18.6. The maximum Gasteiger partial charge on any atom is 0.417 e. The van der Waals surface area contributed by atoms with Crippen LogP contribution in [0.3, 0.4) is 0 Å². The number of rotatable bonds is 1. The smallest absolute Gasteiger partial charge is 0.322 e. The van der Waals surface area contributed by atoms with Crippen molar-refractivity contribution in [3.8, 4) is 0 Å². The van der Waals surface area contributed by atoms with Gasteiger partial charge in [-0.05, 0) is 46.9 Å². The zero-order valence-electron chi connectivity index (χ0n) is 14.8. The van der Waals surface area contributed by atoms with Crippen LogP contribution in [0, 0.1) is 10.8 Å². The lowest BCUT2D eigenvalue weighted by Gasteiger charge is -2.39. The molecule has 1 N–H and O–H groups in total. The van der Waals surface area contributed by atoms with Crippen LogP contribution in [0.25, 0.3) is 16.5 Å². The lowest BCUT2D eigenvalue weighted by molar-refractivity contribution is -0.136. The first-order chi connectivity index (χ1) is 11.4. The molecule has 1 aliphatic carbocycles. The number of aromatic nitrogens is 1. The molecule has 2 nitrogen and oxygen atoms in total. The normalized spacial score (nSPS) is 19.7. The molecule has 3 rings (SSSR count). The summed E-state index contributed by atoms with van der Waals surface area (Å²) in [5.41, 5.74) is 0.492. The van der Waals surface area contributed by atoms with E-state index in [1.54, 1.807) is 18.2 Å². The second kappa shape index (κ2) is 5.48. The van der Waals surface area contributed by atoms with Gasteiger partial charge in [-0.3, -0.25) is 4.79 Å². The van der Waals surface area contributed by atoms with Crippen LogP contribution in [0.5, 0.6) is 0 Å². The van der Waals surface area contributed by atoms with Gasteiger partial charge >= 0.3 is 6.18 Å². The quantitative estimate of drug-likeness (QED) is 0.696. The van der Waals surface area contributed by atoms with Gasteiger partial charge in [-0.15, -0.1) is 0 Å². The van der Waals surface area contributed by atoms with Crippen molar-refractivity contribution in [1.29, 1.82) is 0 Å². The molecule has 0 bridgehead atoms. The number of fused-ring (bicyclic) bond motifs is 1. The third kappa shape index (κ3) is 3.65. The fourth-order valence-corrected chi connectivity index (χ4v) is 4.26. The summed E-state index contributed by atoms with van der Waals surface area (Å²) in [5.74, 6) is 0. The van der Waals surface area contributed by atoms with Crippen molar-refractivity contribution in [3.05, 3.63) is 51.8 Å². The van der Waals surface area contributed by atoms with Crippen LogP contribution in [0.2, 0.25) is 0 Å². The maximum absolute atomic E-state index is 13.4. The summed E-state index contributed by atoms with van der Waals surface area (Å²) in [4.78, 5) is 14.0. The number of alkyl halides is 3. The van der Waals surface area contributed by atoms with Crippen LogP contribution in [0.4, 0.5) is 13.2 Å². The third-order valence-electron chi connectivity index (χ3n) is 4.69. The minimum Gasteiger partial charge on any atom is -0.322 e. The molecule has 0 radical (unpaired) electrons. The van der Waals surface area contributed by atoms with E-state index in [9.17, 15) is 18.0 Å². The highest BCUT2D eigenvalue weighted by Crippen LogP contribution is 2.47. The molecule has 1 aromatic heterocycles. The molecule has 0 aliphatic heterocycles. The van der Waals surface area contributed by atoms with Crippen LogP contribution in [-0.4, -0.2) is 4.98 Å². The summed E-state index contributed by atoms with van der Waals surface area (Å²) in [6, 6.07) is 5.55. The predicted molar refractivity (Wildman–Crippen MR) is 94.3 cm³/mol. The van der Waals surface area contributed by atoms with Crippen molar-refractivity contribution in [2.45, 2.75) is 46.7 Å². The number of hydrogen-bond donors (Lipinski definition) is 1. The highest BCUT2D eigenvalue weighted by molar-refractivity contribution is 5.86. The Bertz CT molecular complexity index is 917. The molecular formula is C20H22F3NO. The summed E-state index contributed by atoms with van der Waals surface area (Å²) in [6.07, 6.45) is -0.562. The van der Waals surface area contributed by atoms with Crippen molar-refractivity contribution in [2.24, 2.45) is 10.8 Å². The van der Waals surface area contributed by atoms with Crippen LogP contribution in [0.1, 0.15) is 51.7 Å². The Morgan fingerprint density at radius 1 is 1.08 bits per heavy atom. The van der Waals surface area contributed by atoms with E-state index in [2.05, 4.69) is 38.8 Å². The highest BCUT2D eigenvalue weighted by atomic mass is 19.4. The van der Waals surface area contributed by atoms with Gasteiger partial charge in [-0.25, -0.2) is 0 Å². The molecule has 2 aromatic rings. The van der Waals surface area contributed by atoms with Gasteiger partial charge < -0.3 is 4.98 Å². The van der Waals surface area contributed by atoms with E-state index in [1.807, 2.05) is 0 Å². The van der Waals surface area contributed by atoms with Crippen molar-refractivity contribution in [1.82, 2.24) is 4.98 Å². The molecule has 134 valence electrons. The molecule has 1 aromatic carbocycles. The van der Waals surface area contributed by atoms with Crippen LogP contribution >= 0.6 is 0 Å². The molecule has 0 spiro atoms. The average molecular weight is 349 g/mol. The van der Waals surface area contributed by atoms with E-state index < -0.39 is 17.3 Å². The summed E-state index contributed by atoms with van der Waals surface area (Å²) in [5, 5.41) is 0.0340. The summed E-state index contributed by atoms with van der Waals surface area (Å²) in [7, 11) is 0. The Kier molecular flexibility index (Phi) is 3.90. The number of hydrogen-bond acceptors (Lipinski definition) is 1. The zero-order valence-corrected chi connectivity index (χ0v) is 14.8. The molecule has 0 amide bonds. The van der Waals surface area contributed by atoms with Gasteiger partial charge in [-0.1, -0.05) is 39.8 Å². The largest absolute Gasteiger partial charge is 0.417 e. The summed E-state index contributed by atoms with van der Waals surface area (Å²) >= 11 is 0. The fraction of sp³-hybridized carbons (Fsp3) is 0.450. The number of benzene rings is 1. The first kappa shape index (κ1) is 17.8. The molecule has 1 heterocycles. The van der Waals surface area contributed by atoms with Crippen molar-refractivity contribution >= 4 is 16.5 Å². The van der Waals surface area contributed by atoms with Gasteiger partial charge in [0.05, 0.1) is 5.56 Å². The van der Waals surface area contributed by atoms with Crippen LogP contribution in [0.15, 0.2) is 35.1 Å². The van der Waals surface area contributed by atoms with Gasteiger partial charge in [0.1, 0.15) is 0 Å². The van der Waals surface area contributed by atoms with Crippen molar-refractivity contribution in [2.75, 3.05) is 0 Å². The Morgan fingerprint density at radius 2 is 1.76 bits per heavy atom. The SMILES string of the molecule is CC1(C)C=C(c2ccc3[nH]c(=O)cc(C(F)(F)F)c3c2)CC(C)(C)C1. The third-order valence-corrected chi connectivity index (χ3v) is 4.69.